The van der Waals surface area contributed by atoms with E-state index in [4.69, 9.17) is 15.2 Å². The average molecular weight is 264 g/mol. The lowest BCUT2D eigenvalue weighted by Crippen LogP contribution is -2.33. The van der Waals surface area contributed by atoms with Gasteiger partial charge in [-0.25, -0.2) is 0 Å². The maximum atomic E-state index is 11.7. The highest BCUT2D eigenvalue weighted by atomic mass is 16.5. The second-order valence-corrected chi connectivity index (χ2v) is 4.63. The fraction of sp³-hybridized carbons (Fsp3) is 0.500. The Morgan fingerprint density at radius 1 is 1.47 bits per heavy atom. The average Bonchev–Trinajstić information content (AvgIpc) is 2.96. The summed E-state index contributed by atoms with van der Waals surface area (Å²) in [6, 6.07) is 7.47. The zero-order valence-electron chi connectivity index (χ0n) is 10.9. The molecule has 0 radical (unpaired) electrons. The maximum Gasteiger partial charge on any atom is 0.257 e. The molecule has 5 heteroatoms. The van der Waals surface area contributed by atoms with Crippen LogP contribution >= 0.6 is 0 Å². The van der Waals surface area contributed by atoms with Crippen LogP contribution in [0, 0.1) is 5.92 Å². The quantitative estimate of drug-likeness (QED) is 0.792. The number of para-hydroxylation sites is 1. The van der Waals surface area contributed by atoms with Crippen molar-refractivity contribution >= 4 is 5.91 Å². The van der Waals surface area contributed by atoms with Crippen LogP contribution in [0.3, 0.4) is 0 Å². The molecule has 0 saturated carbocycles. The Balaban J connectivity index is 1.73. The Hall–Kier alpha value is -1.59. The molecule has 1 amide bonds. The van der Waals surface area contributed by atoms with E-state index in [1.165, 1.54) is 0 Å². The standard InChI is InChI=1S/C14H20N2O3/c15-7-12-3-1-2-4-13(12)19-10-14(17)16-8-11-5-6-18-9-11/h1-4,11H,5-10,15H2,(H,16,17). The molecule has 104 valence electrons. The molecule has 0 spiro atoms. The molecular weight excluding hydrogens is 244 g/mol. The topological polar surface area (TPSA) is 73.6 Å². The van der Waals surface area contributed by atoms with Crippen LogP contribution in [0.2, 0.25) is 0 Å². The fourth-order valence-electron chi connectivity index (χ4n) is 2.01. The Labute approximate surface area is 113 Å². The van der Waals surface area contributed by atoms with Gasteiger partial charge in [0, 0.05) is 31.2 Å². The highest BCUT2D eigenvalue weighted by molar-refractivity contribution is 5.77. The molecule has 1 heterocycles. The molecule has 1 aliphatic rings. The second kappa shape index (κ2) is 7.11. The lowest BCUT2D eigenvalue weighted by Gasteiger charge is -2.12. The summed E-state index contributed by atoms with van der Waals surface area (Å²) in [5.41, 5.74) is 6.51. The molecule has 3 N–H and O–H groups in total. The first kappa shape index (κ1) is 13.8. The first-order chi connectivity index (χ1) is 9.29. The van der Waals surface area contributed by atoms with Crippen LogP contribution in [0.5, 0.6) is 5.75 Å². The van der Waals surface area contributed by atoms with Gasteiger partial charge in [0.05, 0.1) is 6.61 Å². The lowest BCUT2D eigenvalue weighted by atomic mass is 10.1. The zero-order chi connectivity index (χ0) is 13.5. The molecule has 5 nitrogen and oxygen atoms in total. The van der Waals surface area contributed by atoms with Crippen molar-refractivity contribution in [2.45, 2.75) is 13.0 Å². The van der Waals surface area contributed by atoms with Gasteiger partial charge in [-0.2, -0.15) is 0 Å². The van der Waals surface area contributed by atoms with E-state index in [1.54, 1.807) is 0 Å². The summed E-state index contributed by atoms with van der Waals surface area (Å²) in [7, 11) is 0. The minimum Gasteiger partial charge on any atom is -0.483 e. The molecule has 0 aliphatic carbocycles. The number of nitrogens with two attached hydrogens (primary N) is 1. The van der Waals surface area contributed by atoms with Crippen LogP contribution < -0.4 is 15.8 Å². The normalized spacial score (nSPS) is 18.3. The van der Waals surface area contributed by atoms with Crippen LogP contribution in [0.1, 0.15) is 12.0 Å². The Kier molecular flexibility index (Phi) is 5.18. The van der Waals surface area contributed by atoms with Crippen molar-refractivity contribution in [2.24, 2.45) is 11.7 Å². The van der Waals surface area contributed by atoms with E-state index < -0.39 is 0 Å². The van der Waals surface area contributed by atoms with Crippen LogP contribution in [-0.4, -0.2) is 32.3 Å². The number of carbonyl (C=O) groups excluding carboxylic acids is 1. The number of carbonyl (C=O) groups is 1. The summed E-state index contributed by atoms with van der Waals surface area (Å²) in [6.45, 7) is 2.60. The summed E-state index contributed by atoms with van der Waals surface area (Å²) >= 11 is 0. The predicted octanol–water partition coefficient (Wildman–Crippen LogP) is 0.677. The van der Waals surface area contributed by atoms with Gasteiger partial charge in [0.2, 0.25) is 0 Å². The highest BCUT2D eigenvalue weighted by Crippen LogP contribution is 2.16. The summed E-state index contributed by atoms with van der Waals surface area (Å²) < 4.78 is 10.7. The SMILES string of the molecule is NCc1ccccc1OCC(=O)NCC1CCOC1. The molecule has 0 bridgehead atoms. The number of amides is 1. The molecule has 1 saturated heterocycles. The molecule has 1 aromatic carbocycles. The van der Waals surface area contributed by atoms with Gasteiger partial charge in [-0.15, -0.1) is 0 Å². The van der Waals surface area contributed by atoms with E-state index in [2.05, 4.69) is 5.32 Å². The third-order valence-corrected chi connectivity index (χ3v) is 3.16. The van der Waals surface area contributed by atoms with E-state index in [0.29, 0.717) is 24.8 Å². The molecule has 19 heavy (non-hydrogen) atoms. The molecule has 1 aromatic rings. The summed E-state index contributed by atoms with van der Waals surface area (Å²) in [5.74, 6) is 0.989. The third kappa shape index (κ3) is 4.22. The number of nitrogens with one attached hydrogen (secondary N) is 1. The molecule has 1 atom stereocenters. The minimum atomic E-state index is -0.112. The predicted molar refractivity (Wildman–Crippen MR) is 71.8 cm³/mol. The minimum absolute atomic E-state index is 0.0184. The largest absolute Gasteiger partial charge is 0.483 e. The monoisotopic (exact) mass is 264 g/mol. The number of benzene rings is 1. The van der Waals surface area contributed by atoms with Gasteiger partial charge >= 0.3 is 0 Å². The summed E-state index contributed by atoms with van der Waals surface area (Å²) in [5, 5.41) is 2.86. The van der Waals surface area contributed by atoms with Gasteiger partial charge in [-0.1, -0.05) is 18.2 Å². The van der Waals surface area contributed by atoms with Crippen LogP contribution in [-0.2, 0) is 16.1 Å². The lowest BCUT2D eigenvalue weighted by molar-refractivity contribution is -0.123. The van der Waals surface area contributed by atoms with E-state index >= 15 is 0 Å². The van der Waals surface area contributed by atoms with Gasteiger partial charge in [-0.05, 0) is 12.5 Å². The second-order valence-electron chi connectivity index (χ2n) is 4.63. The van der Waals surface area contributed by atoms with Crippen molar-refractivity contribution in [3.8, 4) is 5.75 Å². The van der Waals surface area contributed by atoms with E-state index in [0.717, 1.165) is 25.2 Å². The van der Waals surface area contributed by atoms with E-state index in [1.807, 2.05) is 24.3 Å². The molecule has 0 aromatic heterocycles. The molecule has 2 rings (SSSR count). The van der Waals surface area contributed by atoms with Gasteiger partial charge < -0.3 is 20.5 Å². The fourth-order valence-corrected chi connectivity index (χ4v) is 2.01. The highest BCUT2D eigenvalue weighted by Gasteiger charge is 2.16. The van der Waals surface area contributed by atoms with Crippen molar-refractivity contribution in [3.05, 3.63) is 29.8 Å². The number of hydrogen-bond acceptors (Lipinski definition) is 4. The van der Waals surface area contributed by atoms with Crippen molar-refractivity contribution in [3.63, 3.8) is 0 Å². The van der Waals surface area contributed by atoms with Gasteiger partial charge in [0.1, 0.15) is 5.75 Å². The Morgan fingerprint density at radius 2 is 2.32 bits per heavy atom. The third-order valence-electron chi connectivity index (χ3n) is 3.16. The number of ether oxygens (including phenoxy) is 2. The van der Waals surface area contributed by atoms with Gasteiger partial charge in [-0.3, -0.25) is 4.79 Å². The smallest absolute Gasteiger partial charge is 0.257 e. The zero-order valence-corrected chi connectivity index (χ0v) is 10.9. The summed E-state index contributed by atoms with van der Waals surface area (Å²) in [6.07, 6.45) is 1.01. The maximum absolute atomic E-state index is 11.7. The summed E-state index contributed by atoms with van der Waals surface area (Å²) in [4.78, 5) is 11.7. The number of rotatable bonds is 6. The van der Waals surface area contributed by atoms with Crippen molar-refractivity contribution in [1.29, 1.82) is 0 Å². The van der Waals surface area contributed by atoms with Gasteiger partial charge in [0.25, 0.3) is 5.91 Å². The molecule has 1 fully saturated rings. The van der Waals surface area contributed by atoms with Crippen molar-refractivity contribution in [2.75, 3.05) is 26.4 Å². The van der Waals surface area contributed by atoms with Crippen LogP contribution in [0.25, 0.3) is 0 Å². The van der Waals surface area contributed by atoms with E-state index in [-0.39, 0.29) is 12.5 Å². The first-order valence-electron chi connectivity index (χ1n) is 6.55. The number of hydrogen-bond donors (Lipinski definition) is 2. The molecule has 1 aliphatic heterocycles. The molecular formula is C14H20N2O3. The Bertz CT molecular complexity index is 417. The van der Waals surface area contributed by atoms with E-state index in [9.17, 15) is 4.79 Å². The first-order valence-corrected chi connectivity index (χ1v) is 6.55. The van der Waals surface area contributed by atoms with Crippen LogP contribution in [0.15, 0.2) is 24.3 Å². The molecule has 1 unspecified atom stereocenters. The van der Waals surface area contributed by atoms with Gasteiger partial charge in [0.15, 0.2) is 6.61 Å². The van der Waals surface area contributed by atoms with Crippen LogP contribution in [0.4, 0.5) is 0 Å². The Morgan fingerprint density at radius 3 is 3.05 bits per heavy atom. The van der Waals surface area contributed by atoms with Crippen molar-refractivity contribution < 1.29 is 14.3 Å². The van der Waals surface area contributed by atoms with Crippen molar-refractivity contribution in [1.82, 2.24) is 5.32 Å².